The van der Waals surface area contributed by atoms with E-state index in [4.69, 9.17) is 6.42 Å². The van der Waals surface area contributed by atoms with Crippen LogP contribution in [0.4, 0.5) is 0 Å². The Morgan fingerprint density at radius 2 is 1.87 bits per heavy atom. The number of aromatic nitrogens is 2. The van der Waals surface area contributed by atoms with Crippen LogP contribution in [-0.2, 0) is 6.54 Å². The van der Waals surface area contributed by atoms with Crippen LogP contribution in [0.1, 0.15) is 97.5 Å². The molecule has 1 aromatic heterocycles. The van der Waals surface area contributed by atoms with Crippen molar-refractivity contribution in [2.45, 2.75) is 98.4 Å². The molecule has 1 aromatic rings. The Kier molecular flexibility index (Phi) is 5.55. The Hall–Kier alpha value is -1.23. The molecule has 170 valence electrons. The highest BCUT2D eigenvalue weighted by Crippen LogP contribution is 2.66. The van der Waals surface area contributed by atoms with Gasteiger partial charge in [0.25, 0.3) is 0 Å². The van der Waals surface area contributed by atoms with Crippen LogP contribution in [-0.4, -0.2) is 9.78 Å². The van der Waals surface area contributed by atoms with Crippen molar-refractivity contribution in [2.24, 2.45) is 52.3 Å². The van der Waals surface area contributed by atoms with E-state index in [0.29, 0.717) is 16.7 Å². The van der Waals surface area contributed by atoms with Gasteiger partial charge in [0, 0.05) is 12.7 Å². The second-order valence-corrected chi connectivity index (χ2v) is 12.8. The molecule has 31 heavy (non-hydrogen) atoms. The molecule has 0 radical (unpaired) electrons. The number of terminal acetylenes is 1. The monoisotopic (exact) mass is 420 g/mol. The van der Waals surface area contributed by atoms with Gasteiger partial charge >= 0.3 is 0 Å². The summed E-state index contributed by atoms with van der Waals surface area (Å²) in [4.78, 5) is 0. The SMILES string of the molecule is C#Cc1cnn(CC(C)C2CCCC3C4CCC5(C)CC(C)CCC5C4CCC23C)c1. The van der Waals surface area contributed by atoms with Crippen LogP contribution in [0.3, 0.4) is 0 Å². The smallest absolute Gasteiger partial charge is 0.0646 e. The molecule has 0 amide bonds. The molecular formula is C29H44N2. The van der Waals surface area contributed by atoms with Crippen molar-refractivity contribution in [3.8, 4) is 12.3 Å². The lowest BCUT2D eigenvalue weighted by Gasteiger charge is -2.63. The molecule has 9 unspecified atom stereocenters. The van der Waals surface area contributed by atoms with Crippen molar-refractivity contribution in [3.63, 3.8) is 0 Å². The molecule has 4 aliphatic carbocycles. The minimum Gasteiger partial charge on any atom is -0.271 e. The van der Waals surface area contributed by atoms with Crippen LogP contribution in [0, 0.1) is 64.6 Å². The van der Waals surface area contributed by atoms with E-state index >= 15 is 0 Å². The average Bonchev–Trinajstić information content (AvgIpc) is 3.19. The number of nitrogens with zero attached hydrogens (tertiary/aromatic N) is 2. The summed E-state index contributed by atoms with van der Waals surface area (Å²) in [6.07, 6.45) is 24.3. The van der Waals surface area contributed by atoms with E-state index in [1.54, 1.807) is 0 Å². The van der Waals surface area contributed by atoms with Crippen molar-refractivity contribution < 1.29 is 0 Å². The molecular weight excluding hydrogens is 376 g/mol. The molecule has 1 heterocycles. The Morgan fingerprint density at radius 3 is 2.65 bits per heavy atom. The summed E-state index contributed by atoms with van der Waals surface area (Å²) in [5, 5.41) is 4.55. The van der Waals surface area contributed by atoms with Crippen molar-refractivity contribution in [1.82, 2.24) is 9.78 Å². The molecule has 2 heteroatoms. The Balaban J connectivity index is 1.35. The van der Waals surface area contributed by atoms with Crippen LogP contribution in [0.2, 0.25) is 0 Å². The van der Waals surface area contributed by atoms with E-state index in [1.165, 1.54) is 64.2 Å². The van der Waals surface area contributed by atoms with E-state index in [-0.39, 0.29) is 0 Å². The van der Waals surface area contributed by atoms with Gasteiger partial charge in [-0.25, -0.2) is 0 Å². The minimum atomic E-state index is 0.524. The number of hydrogen-bond donors (Lipinski definition) is 0. The third-order valence-electron chi connectivity index (χ3n) is 11.0. The van der Waals surface area contributed by atoms with Crippen molar-refractivity contribution >= 4 is 0 Å². The van der Waals surface area contributed by atoms with Crippen LogP contribution in [0.25, 0.3) is 0 Å². The van der Waals surface area contributed by atoms with Crippen LogP contribution >= 0.6 is 0 Å². The maximum absolute atomic E-state index is 5.57. The molecule has 4 aliphatic rings. The Bertz CT molecular complexity index is 832. The van der Waals surface area contributed by atoms with Gasteiger partial charge in [-0.2, -0.15) is 5.10 Å². The first kappa shape index (κ1) is 21.6. The molecule has 2 nitrogen and oxygen atoms in total. The highest BCUT2D eigenvalue weighted by Gasteiger charge is 2.58. The first-order chi connectivity index (χ1) is 14.8. The minimum absolute atomic E-state index is 0.524. The summed E-state index contributed by atoms with van der Waals surface area (Å²) >= 11 is 0. The average molecular weight is 421 g/mol. The lowest BCUT2D eigenvalue weighted by atomic mass is 9.42. The quantitative estimate of drug-likeness (QED) is 0.473. The molecule has 0 N–H and O–H groups in total. The van der Waals surface area contributed by atoms with Gasteiger partial charge < -0.3 is 0 Å². The standard InChI is InChI=1S/C29H44N2/c1-6-22-17-30-31(19-22)18-21(3)25-8-7-9-27-24-12-14-28(4)16-20(2)10-11-26(28)23(24)13-15-29(25,27)5/h1,17,19-21,23-27H,7-16,18H2,2-5H3. The fourth-order valence-corrected chi connectivity index (χ4v) is 9.74. The van der Waals surface area contributed by atoms with E-state index in [0.717, 1.165) is 47.6 Å². The van der Waals surface area contributed by atoms with Crippen molar-refractivity contribution in [2.75, 3.05) is 0 Å². The maximum atomic E-state index is 5.57. The second-order valence-electron chi connectivity index (χ2n) is 12.8. The van der Waals surface area contributed by atoms with Crippen molar-refractivity contribution in [3.05, 3.63) is 18.0 Å². The predicted octanol–water partition coefficient (Wildman–Crippen LogP) is 7.19. The Labute approximate surface area is 191 Å². The third-order valence-corrected chi connectivity index (χ3v) is 11.0. The Morgan fingerprint density at radius 1 is 1.10 bits per heavy atom. The number of hydrogen-bond acceptors (Lipinski definition) is 1. The topological polar surface area (TPSA) is 17.8 Å². The van der Waals surface area contributed by atoms with Gasteiger partial charge in [0.1, 0.15) is 0 Å². The van der Waals surface area contributed by atoms with Crippen LogP contribution in [0.5, 0.6) is 0 Å². The number of fused-ring (bicyclic) bond motifs is 5. The summed E-state index contributed by atoms with van der Waals surface area (Å²) in [6.45, 7) is 11.4. The van der Waals surface area contributed by atoms with E-state index in [9.17, 15) is 0 Å². The molecule has 9 atom stereocenters. The summed E-state index contributed by atoms with van der Waals surface area (Å²) in [7, 11) is 0. The third kappa shape index (κ3) is 3.59. The zero-order chi connectivity index (χ0) is 21.8. The molecule has 0 saturated heterocycles. The van der Waals surface area contributed by atoms with Crippen LogP contribution < -0.4 is 0 Å². The first-order valence-corrected chi connectivity index (χ1v) is 13.3. The maximum Gasteiger partial charge on any atom is 0.0646 e. The molecule has 0 aromatic carbocycles. The van der Waals surface area contributed by atoms with E-state index in [2.05, 4.69) is 49.6 Å². The summed E-state index contributed by atoms with van der Waals surface area (Å²) in [6, 6.07) is 0. The first-order valence-electron chi connectivity index (χ1n) is 13.3. The normalized spacial score (nSPS) is 45.6. The fourth-order valence-electron chi connectivity index (χ4n) is 9.74. The summed E-state index contributed by atoms with van der Waals surface area (Å²) < 4.78 is 2.10. The highest BCUT2D eigenvalue weighted by atomic mass is 15.3. The van der Waals surface area contributed by atoms with Gasteiger partial charge in [-0.05, 0) is 104 Å². The summed E-state index contributed by atoms with van der Waals surface area (Å²) in [5.41, 5.74) is 2.08. The van der Waals surface area contributed by atoms with Gasteiger partial charge in [-0.15, -0.1) is 6.42 Å². The second kappa shape index (κ2) is 7.97. The van der Waals surface area contributed by atoms with Gasteiger partial charge in [0.2, 0.25) is 0 Å². The molecule has 0 bridgehead atoms. The zero-order valence-electron chi connectivity index (χ0n) is 20.4. The van der Waals surface area contributed by atoms with Crippen molar-refractivity contribution in [1.29, 1.82) is 0 Å². The molecule has 0 spiro atoms. The molecule has 4 saturated carbocycles. The lowest BCUT2D eigenvalue weighted by Crippen LogP contribution is -2.55. The van der Waals surface area contributed by atoms with Crippen LogP contribution in [0.15, 0.2) is 12.4 Å². The lowest BCUT2D eigenvalue weighted by molar-refractivity contribution is -0.141. The van der Waals surface area contributed by atoms with Gasteiger partial charge in [-0.1, -0.05) is 46.5 Å². The predicted molar refractivity (Wildman–Crippen MR) is 128 cm³/mol. The van der Waals surface area contributed by atoms with Gasteiger partial charge in [0.15, 0.2) is 0 Å². The van der Waals surface area contributed by atoms with E-state index < -0.39 is 0 Å². The molecule has 5 rings (SSSR count). The molecule has 4 fully saturated rings. The molecule has 0 aliphatic heterocycles. The number of rotatable bonds is 3. The fraction of sp³-hybridized carbons (Fsp3) is 0.828. The van der Waals surface area contributed by atoms with Gasteiger partial charge in [0.05, 0.1) is 11.8 Å². The summed E-state index contributed by atoms with van der Waals surface area (Å²) in [5.74, 6) is 9.15. The largest absolute Gasteiger partial charge is 0.271 e. The highest BCUT2D eigenvalue weighted by molar-refractivity contribution is 5.26. The van der Waals surface area contributed by atoms with E-state index in [1.807, 2.05) is 6.20 Å². The van der Waals surface area contributed by atoms with Gasteiger partial charge in [-0.3, -0.25) is 4.68 Å². The zero-order valence-corrected chi connectivity index (χ0v) is 20.4.